The number of anilines is 1. The molecule has 0 aromatic heterocycles. The van der Waals surface area contributed by atoms with Crippen molar-refractivity contribution in [2.45, 2.75) is 32.7 Å². The third kappa shape index (κ3) is 4.75. The maximum atomic E-state index is 8.88. The van der Waals surface area contributed by atoms with E-state index >= 15 is 0 Å². The van der Waals surface area contributed by atoms with Crippen LogP contribution in [0.4, 0.5) is 5.69 Å². The van der Waals surface area contributed by atoms with Crippen molar-refractivity contribution in [2.75, 3.05) is 25.4 Å². The summed E-state index contributed by atoms with van der Waals surface area (Å²) in [6.07, 6.45) is 1.80. The lowest BCUT2D eigenvalue weighted by atomic mass is 10.1. The predicted octanol–water partition coefficient (Wildman–Crippen LogP) is 1.90. The van der Waals surface area contributed by atoms with E-state index in [0.29, 0.717) is 6.04 Å². The summed E-state index contributed by atoms with van der Waals surface area (Å²) in [7, 11) is 0. The van der Waals surface area contributed by atoms with Gasteiger partial charge < -0.3 is 15.7 Å². The van der Waals surface area contributed by atoms with Crippen LogP contribution >= 0.6 is 0 Å². The molecule has 0 saturated carbocycles. The maximum Gasteiger partial charge on any atom is 0.0443 e. The topological polar surface area (TPSA) is 49.5 Å². The fraction of sp³-hybridized carbons (Fsp3) is 0.571. The van der Waals surface area contributed by atoms with Gasteiger partial charge >= 0.3 is 0 Å². The molecule has 0 spiro atoms. The minimum atomic E-state index is 0.261. The van der Waals surface area contributed by atoms with E-state index in [1.54, 1.807) is 0 Å². The average molecular weight is 236 g/mol. The van der Waals surface area contributed by atoms with E-state index in [1.807, 2.05) is 18.2 Å². The van der Waals surface area contributed by atoms with Crippen molar-refractivity contribution in [2.24, 2.45) is 0 Å². The molecule has 0 fully saturated rings. The summed E-state index contributed by atoms with van der Waals surface area (Å²) in [6, 6.07) is 8.53. The first-order valence-electron chi connectivity index (χ1n) is 6.33. The molecule has 0 radical (unpaired) electrons. The zero-order valence-corrected chi connectivity index (χ0v) is 10.9. The van der Waals surface area contributed by atoms with Crippen molar-refractivity contribution in [3.05, 3.63) is 29.8 Å². The first-order valence-corrected chi connectivity index (χ1v) is 6.33. The van der Waals surface area contributed by atoms with E-state index in [2.05, 4.69) is 24.8 Å². The molecule has 0 aliphatic rings. The van der Waals surface area contributed by atoms with Gasteiger partial charge in [0.2, 0.25) is 0 Å². The van der Waals surface area contributed by atoms with Crippen LogP contribution in [0.25, 0.3) is 0 Å². The molecule has 0 atom stereocenters. The fourth-order valence-corrected chi connectivity index (χ4v) is 1.93. The van der Waals surface area contributed by atoms with Crippen molar-refractivity contribution in [3.8, 4) is 0 Å². The summed E-state index contributed by atoms with van der Waals surface area (Å²) in [6.45, 7) is 6.57. The van der Waals surface area contributed by atoms with Gasteiger partial charge in [0.1, 0.15) is 0 Å². The minimum absolute atomic E-state index is 0.261. The molecular weight excluding hydrogens is 212 g/mol. The van der Waals surface area contributed by atoms with Crippen molar-refractivity contribution >= 4 is 5.69 Å². The largest absolute Gasteiger partial charge is 0.399 e. The third-order valence-corrected chi connectivity index (χ3v) is 3.06. The van der Waals surface area contributed by atoms with Crippen LogP contribution in [0.15, 0.2) is 24.3 Å². The molecule has 0 unspecified atom stereocenters. The minimum Gasteiger partial charge on any atom is -0.399 e. The van der Waals surface area contributed by atoms with Gasteiger partial charge in [0.25, 0.3) is 0 Å². The summed E-state index contributed by atoms with van der Waals surface area (Å²) in [5.41, 5.74) is 8.01. The highest BCUT2D eigenvalue weighted by Crippen LogP contribution is 2.12. The normalized spacial score (nSPS) is 11.4. The van der Waals surface area contributed by atoms with E-state index in [9.17, 15) is 0 Å². The Morgan fingerprint density at radius 2 is 1.94 bits per heavy atom. The lowest BCUT2D eigenvalue weighted by molar-refractivity contribution is 0.193. The Morgan fingerprint density at radius 1 is 1.24 bits per heavy atom. The quantitative estimate of drug-likeness (QED) is 0.711. The van der Waals surface area contributed by atoms with Gasteiger partial charge in [0.05, 0.1) is 0 Å². The number of benzene rings is 1. The van der Waals surface area contributed by atoms with Gasteiger partial charge in [-0.05, 0) is 38.3 Å². The standard InChI is InChI=1S/C14H24N2O/c1-12(2)16(9-5-11-17)10-8-13-6-3-4-7-14(13)15/h3-4,6-7,12,17H,5,8-11,15H2,1-2H3. The molecular formula is C14H24N2O. The van der Waals surface area contributed by atoms with Crippen LogP contribution in [-0.2, 0) is 6.42 Å². The first-order chi connectivity index (χ1) is 8.15. The Labute approximate surface area is 104 Å². The average Bonchev–Trinajstić information content (AvgIpc) is 2.31. The molecule has 0 bridgehead atoms. The number of nitrogens with two attached hydrogens (primary N) is 1. The van der Waals surface area contributed by atoms with Crippen LogP contribution < -0.4 is 5.73 Å². The van der Waals surface area contributed by atoms with Crippen molar-refractivity contribution in [3.63, 3.8) is 0 Å². The van der Waals surface area contributed by atoms with Gasteiger partial charge in [-0.3, -0.25) is 0 Å². The molecule has 0 aliphatic carbocycles. The molecule has 1 aromatic rings. The van der Waals surface area contributed by atoms with Gasteiger partial charge in [-0.1, -0.05) is 18.2 Å². The van der Waals surface area contributed by atoms with Crippen LogP contribution in [0.1, 0.15) is 25.8 Å². The highest BCUT2D eigenvalue weighted by molar-refractivity contribution is 5.46. The van der Waals surface area contributed by atoms with Crippen molar-refractivity contribution in [1.29, 1.82) is 0 Å². The van der Waals surface area contributed by atoms with Gasteiger partial charge in [0.15, 0.2) is 0 Å². The summed E-state index contributed by atoms with van der Waals surface area (Å²) in [4.78, 5) is 2.38. The summed E-state index contributed by atoms with van der Waals surface area (Å²) in [5, 5.41) is 8.88. The monoisotopic (exact) mass is 236 g/mol. The lowest BCUT2D eigenvalue weighted by Gasteiger charge is -2.26. The van der Waals surface area contributed by atoms with E-state index in [-0.39, 0.29) is 6.61 Å². The smallest absolute Gasteiger partial charge is 0.0443 e. The predicted molar refractivity (Wildman–Crippen MR) is 73.0 cm³/mol. The Morgan fingerprint density at radius 3 is 2.53 bits per heavy atom. The van der Waals surface area contributed by atoms with Gasteiger partial charge in [0, 0.05) is 31.4 Å². The second-order valence-electron chi connectivity index (χ2n) is 4.66. The third-order valence-electron chi connectivity index (χ3n) is 3.06. The highest BCUT2D eigenvalue weighted by Gasteiger charge is 2.09. The van der Waals surface area contributed by atoms with Crippen LogP contribution in [0.3, 0.4) is 0 Å². The molecule has 17 heavy (non-hydrogen) atoms. The Bertz CT molecular complexity index is 326. The van der Waals surface area contributed by atoms with Crippen LogP contribution in [0, 0.1) is 0 Å². The van der Waals surface area contributed by atoms with Crippen molar-refractivity contribution in [1.82, 2.24) is 4.90 Å². The molecule has 0 heterocycles. The Hall–Kier alpha value is -1.06. The first kappa shape index (κ1) is 14.0. The summed E-state index contributed by atoms with van der Waals surface area (Å²) in [5.74, 6) is 0. The van der Waals surface area contributed by atoms with Gasteiger partial charge in [-0.2, -0.15) is 0 Å². The maximum absolute atomic E-state index is 8.88. The van der Waals surface area contributed by atoms with Crippen LogP contribution in [-0.4, -0.2) is 35.7 Å². The summed E-state index contributed by atoms with van der Waals surface area (Å²) >= 11 is 0. The number of aliphatic hydroxyl groups is 1. The molecule has 1 rings (SSSR count). The zero-order chi connectivity index (χ0) is 12.7. The van der Waals surface area contributed by atoms with E-state index in [1.165, 1.54) is 5.56 Å². The van der Waals surface area contributed by atoms with Crippen molar-refractivity contribution < 1.29 is 5.11 Å². The van der Waals surface area contributed by atoms with E-state index in [4.69, 9.17) is 10.8 Å². The zero-order valence-electron chi connectivity index (χ0n) is 10.9. The molecule has 3 nitrogen and oxygen atoms in total. The van der Waals surface area contributed by atoms with Crippen LogP contribution in [0.5, 0.6) is 0 Å². The molecule has 0 aliphatic heterocycles. The Balaban J connectivity index is 2.49. The number of hydrogen-bond donors (Lipinski definition) is 2. The number of para-hydroxylation sites is 1. The number of hydrogen-bond acceptors (Lipinski definition) is 3. The Kier molecular flexibility index (Phi) is 6.01. The lowest BCUT2D eigenvalue weighted by Crippen LogP contribution is -2.34. The summed E-state index contributed by atoms with van der Waals surface area (Å²) < 4.78 is 0. The molecule has 3 N–H and O–H groups in total. The molecule has 1 aromatic carbocycles. The number of aliphatic hydroxyl groups excluding tert-OH is 1. The highest BCUT2D eigenvalue weighted by atomic mass is 16.3. The number of nitrogens with zero attached hydrogens (tertiary/aromatic N) is 1. The molecule has 3 heteroatoms. The van der Waals surface area contributed by atoms with E-state index in [0.717, 1.165) is 31.6 Å². The number of rotatable bonds is 7. The second-order valence-corrected chi connectivity index (χ2v) is 4.66. The van der Waals surface area contributed by atoms with Gasteiger partial charge in [-0.15, -0.1) is 0 Å². The van der Waals surface area contributed by atoms with E-state index < -0.39 is 0 Å². The van der Waals surface area contributed by atoms with Crippen LogP contribution in [0.2, 0.25) is 0 Å². The molecule has 96 valence electrons. The van der Waals surface area contributed by atoms with Gasteiger partial charge in [-0.25, -0.2) is 0 Å². The second kappa shape index (κ2) is 7.30. The molecule has 0 amide bonds. The fourth-order valence-electron chi connectivity index (χ4n) is 1.93. The SMILES string of the molecule is CC(C)N(CCCO)CCc1ccccc1N. The molecule has 0 saturated heterocycles. The number of nitrogen functional groups attached to an aromatic ring is 1.